The van der Waals surface area contributed by atoms with Gasteiger partial charge >= 0.3 is 6.09 Å². The second-order valence-corrected chi connectivity index (χ2v) is 3.14. The van der Waals surface area contributed by atoms with E-state index in [1.807, 2.05) is 6.92 Å². The van der Waals surface area contributed by atoms with E-state index in [-0.39, 0.29) is 12.1 Å². The molecular weight excluding hydrogens is 170 g/mol. The Morgan fingerprint density at radius 3 is 3.00 bits per heavy atom. The van der Waals surface area contributed by atoms with Gasteiger partial charge in [-0.2, -0.15) is 0 Å². The lowest BCUT2D eigenvalue weighted by atomic mass is 10.2. The number of nitrogens with zero attached hydrogens (tertiary/aromatic N) is 1. The van der Waals surface area contributed by atoms with Crippen molar-refractivity contribution in [3.8, 4) is 0 Å². The van der Waals surface area contributed by atoms with Crippen molar-refractivity contribution >= 4 is 6.09 Å². The van der Waals surface area contributed by atoms with Gasteiger partial charge in [-0.3, -0.25) is 0 Å². The van der Waals surface area contributed by atoms with Crippen molar-refractivity contribution in [3.05, 3.63) is 0 Å². The van der Waals surface area contributed by atoms with Crippen LogP contribution in [-0.2, 0) is 9.47 Å². The normalized spacial score (nSPS) is 22.0. The van der Waals surface area contributed by atoms with Gasteiger partial charge < -0.3 is 14.4 Å². The summed E-state index contributed by atoms with van der Waals surface area (Å²) >= 11 is 0. The summed E-state index contributed by atoms with van der Waals surface area (Å²) in [6.45, 7) is 3.67. The van der Waals surface area contributed by atoms with Crippen LogP contribution in [0.4, 0.5) is 4.79 Å². The molecule has 0 unspecified atom stereocenters. The number of hydrogen-bond donors (Lipinski definition) is 0. The molecule has 76 valence electrons. The predicted octanol–water partition coefficient (Wildman–Crippen LogP) is 1.25. The van der Waals surface area contributed by atoms with Gasteiger partial charge in [0.1, 0.15) is 0 Å². The van der Waals surface area contributed by atoms with E-state index in [2.05, 4.69) is 0 Å². The number of ether oxygens (including phenoxy) is 2. The summed E-state index contributed by atoms with van der Waals surface area (Å²) in [6.07, 6.45) is 1.86. The molecule has 1 amide bonds. The third-order valence-corrected chi connectivity index (χ3v) is 2.24. The molecule has 1 atom stereocenters. The van der Waals surface area contributed by atoms with Crippen molar-refractivity contribution < 1.29 is 14.3 Å². The average molecular weight is 187 g/mol. The summed E-state index contributed by atoms with van der Waals surface area (Å²) < 4.78 is 9.97. The molecule has 0 bridgehead atoms. The Morgan fingerprint density at radius 1 is 1.62 bits per heavy atom. The number of methoxy groups -OCH3 is 1. The van der Waals surface area contributed by atoms with E-state index in [1.54, 1.807) is 12.0 Å². The monoisotopic (exact) mass is 187 g/mol. The van der Waals surface area contributed by atoms with Gasteiger partial charge in [-0.25, -0.2) is 4.79 Å². The van der Waals surface area contributed by atoms with Gasteiger partial charge in [0.25, 0.3) is 0 Å². The van der Waals surface area contributed by atoms with Crippen LogP contribution in [0.25, 0.3) is 0 Å². The number of rotatable bonds is 3. The molecular formula is C9H17NO3. The van der Waals surface area contributed by atoms with Gasteiger partial charge in [-0.1, -0.05) is 0 Å². The molecule has 4 heteroatoms. The Bertz CT molecular complexity index is 172. The summed E-state index contributed by atoms with van der Waals surface area (Å²) in [5.74, 6) is 0. The first-order valence-corrected chi connectivity index (χ1v) is 4.72. The first-order chi connectivity index (χ1) is 6.29. The molecule has 0 radical (unpaired) electrons. The maximum Gasteiger partial charge on any atom is 0.410 e. The zero-order chi connectivity index (χ0) is 9.68. The highest BCUT2D eigenvalue weighted by atomic mass is 16.6. The minimum Gasteiger partial charge on any atom is -0.450 e. The lowest BCUT2D eigenvalue weighted by Crippen LogP contribution is -2.38. The summed E-state index contributed by atoms with van der Waals surface area (Å²) in [4.78, 5) is 13.1. The highest BCUT2D eigenvalue weighted by Crippen LogP contribution is 2.18. The molecule has 13 heavy (non-hydrogen) atoms. The fraction of sp³-hybridized carbons (Fsp3) is 0.889. The van der Waals surface area contributed by atoms with Crippen molar-refractivity contribution in [2.24, 2.45) is 0 Å². The molecule has 1 rings (SSSR count). The Hall–Kier alpha value is -0.770. The Morgan fingerprint density at radius 2 is 2.38 bits per heavy atom. The number of carbonyl (C=O) groups excluding carboxylic acids is 1. The minimum absolute atomic E-state index is 0.206. The second kappa shape index (κ2) is 5.07. The third kappa shape index (κ3) is 2.59. The van der Waals surface area contributed by atoms with Crippen LogP contribution in [0.3, 0.4) is 0 Å². The molecule has 1 aliphatic heterocycles. The molecule has 1 aliphatic rings. The second-order valence-electron chi connectivity index (χ2n) is 3.14. The van der Waals surface area contributed by atoms with E-state index in [9.17, 15) is 4.79 Å². The molecule has 0 aliphatic carbocycles. The molecule has 4 nitrogen and oxygen atoms in total. The molecule has 0 saturated carbocycles. The first kappa shape index (κ1) is 10.3. The highest BCUT2D eigenvalue weighted by molar-refractivity contribution is 5.68. The molecule has 0 aromatic rings. The lowest BCUT2D eigenvalue weighted by molar-refractivity contribution is 0.0773. The maximum atomic E-state index is 11.4. The van der Waals surface area contributed by atoms with Crippen LogP contribution in [0.2, 0.25) is 0 Å². The lowest BCUT2D eigenvalue weighted by Gasteiger charge is -2.22. The molecule has 0 N–H and O–H groups in total. The van der Waals surface area contributed by atoms with E-state index in [0.717, 1.165) is 19.4 Å². The fourth-order valence-corrected chi connectivity index (χ4v) is 1.65. The SMILES string of the molecule is CCOC(=O)N1CCC[C@H]1COC. The average Bonchev–Trinajstić information content (AvgIpc) is 2.54. The standard InChI is InChI=1S/C9H17NO3/c1-3-13-9(11)10-6-4-5-8(10)7-12-2/h8H,3-7H2,1-2H3/t8-/m0/s1. The van der Waals surface area contributed by atoms with E-state index in [1.165, 1.54) is 0 Å². The molecule has 1 saturated heterocycles. The van der Waals surface area contributed by atoms with E-state index < -0.39 is 0 Å². The van der Waals surface area contributed by atoms with Crippen LogP contribution in [0, 0.1) is 0 Å². The van der Waals surface area contributed by atoms with E-state index >= 15 is 0 Å². The molecule has 0 spiro atoms. The zero-order valence-corrected chi connectivity index (χ0v) is 8.28. The number of likely N-dealkylation sites (tertiary alicyclic amines) is 1. The van der Waals surface area contributed by atoms with Crippen LogP contribution < -0.4 is 0 Å². The van der Waals surface area contributed by atoms with Gasteiger partial charge in [-0.05, 0) is 19.8 Å². The minimum atomic E-state index is -0.206. The number of amides is 1. The highest BCUT2D eigenvalue weighted by Gasteiger charge is 2.29. The Labute approximate surface area is 78.8 Å². The van der Waals surface area contributed by atoms with Gasteiger partial charge in [0.05, 0.1) is 19.3 Å². The molecule has 0 aromatic heterocycles. The molecule has 1 fully saturated rings. The largest absolute Gasteiger partial charge is 0.450 e. The zero-order valence-electron chi connectivity index (χ0n) is 8.28. The van der Waals surface area contributed by atoms with Gasteiger partial charge in [-0.15, -0.1) is 0 Å². The van der Waals surface area contributed by atoms with Crippen molar-refractivity contribution in [2.75, 3.05) is 26.9 Å². The van der Waals surface area contributed by atoms with Gasteiger partial charge in [0, 0.05) is 13.7 Å². The summed E-state index contributed by atoms with van der Waals surface area (Å²) in [6, 6.07) is 0.212. The third-order valence-electron chi connectivity index (χ3n) is 2.24. The van der Waals surface area contributed by atoms with Crippen molar-refractivity contribution in [1.82, 2.24) is 4.90 Å². The van der Waals surface area contributed by atoms with Crippen molar-refractivity contribution in [3.63, 3.8) is 0 Å². The van der Waals surface area contributed by atoms with Crippen LogP contribution >= 0.6 is 0 Å². The van der Waals surface area contributed by atoms with E-state index in [0.29, 0.717) is 13.2 Å². The number of hydrogen-bond acceptors (Lipinski definition) is 3. The topological polar surface area (TPSA) is 38.8 Å². The van der Waals surface area contributed by atoms with Crippen LogP contribution in [0.5, 0.6) is 0 Å². The Kier molecular flexibility index (Phi) is 4.02. The van der Waals surface area contributed by atoms with Crippen LogP contribution in [-0.4, -0.2) is 43.9 Å². The van der Waals surface area contributed by atoms with E-state index in [4.69, 9.17) is 9.47 Å². The summed E-state index contributed by atoms with van der Waals surface area (Å²) in [5, 5.41) is 0. The molecule has 0 aromatic carbocycles. The smallest absolute Gasteiger partial charge is 0.410 e. The van der Waals surface area contributed by atoms with Crippen LogP contribution in [0.15, 0.2) is 0 Å². The first-order valence-electron chi connectivity index (χ1n) is 4.72. The number of carbonyl (C=O) groups is 1. The van der Waals surface area contributed by atoms with Crippen LogP contribution in [0.1, 0.15) is 19.8 Å². The quantitative estimate of drug-likeness (QED) is 0.667. The van der Waals surface area contributed by atoms with Gasteiger partial charge in [0.2, 0.25) is 0 Å². The molecule has 1 heterocycles. The fourth-order valence-electron chi connectivity index (χ4n) is 1.65. The summed E-state index contributed by atoms with van der Waals surface area (Å²) in [7, 11) is 1.65. The van der Waals surface area contributed by atoms with Crippen molar-refractivity contribution in [1.29, 1.82) is 0 Å². The predicted molar refractivity (Wildman–Crippen MR) is 48.6 cm³/mol. The maximum absolute atomic E-state index is 11.4. The summed E-state index contributed by atoms with van der Waals surface area (Å²) in [5.41, 5.74) is 0. The Balaban J connectivity index is 2.42. The van der Waals surface area contributed by atoms with Gasteiger partial charge in [0.15, 0.2) is 0 Å². The van der Waals surface area contributed by atoms with Crippen molar-refractivity contribution in [2.45, 2.75) is 25.8 Å².